The van der Waals surface area contributed by atoms with Crippen LogP contribution in [0.5, 0.6) is 0 Å². The van der Waals surface area contributed by atoms with E-state index in [2.05, 4.69) is 15.6 Å². The first-order valence-electron chi connectivity index (χ1n) is 6.76. The third-order valence-electron chi connectivity index (χ3n) is 3.37. The number of amides is 2. The number of carbonyl (C=O) groups excluding carboxylic acids is 1. The standard InChI is InChI=1S/C12H19N5O3/c18-11(19)10-3-1-6-16(9-10)12(20)13-4-2-7-17-8-5-14-15-17/h5,8,10H,1-4,6-7,9H2,(H,13,20)(H,18,19)/t10-/m0/s1. The fourth-order valence-electron chi connectivity index (χ4n) is 2.26. The zero-order valence-corrected chi connectivity index (χ0v) is 11.2. The molecule has 0 aromatic carbocycles. The molecule has 1 saturated heterocycles. The van der Waals surface area contributed by atoms with E-state index in [0.29, 0.717) is 32.6 Å². The minimum absolute atomic E-state index is 0.186. The molecule has 1 atom stereocenters. The lowest BCUT2D eigenvalue weighted by Gasteiger charge is -2.30. The van der Waals surface area contributed by atoms with Crippen molar-refractivity contribution in [1.82, 2.24) is 25.2 Å². The monoisotopic (exact) mass is 281 g/mol. The van der Waals surface area contributed by atoms with Crippen LogP contribution in [0.15, 0.2) is 12.4 Å². The largest absolute Gasteiger partial charge is 0.481 e. The summed E-state index contributed by atoms with van der Waals surface area (Å²) in [6.07, 6.45) is 5.52. The smallest absolute Gasteiger partial charge is 0.317 e. The molecular weight excluding hydrogens is 262 g/mol. The number of urea groups is 1. The number of carboxylic acids is 1. The Morgan fingerprint density at radius 3 is 3.00 bits per heavy atom. The van der Waals surface area contributed by atoms with Crippen LogP contribution in [0.2, 0.25) is 0 Å². The number of aliphatic carboxylic acids is 1. The summed E-state index contributed by atoms with van der Waals surface area (Å²) in [4.78, 5) is 24.4. The molecule has 2 rings (SSSR count). The van der Waals surface area contributed by atoms with E-state index in [-0.39, 0.29) is 6.03 Å². The molecule has 0 aliphatic carbocycles. The van der Waals surface area contributed by atoms with E-state index in [4.69, 9.17) is 5.11 Å². The van der Waals surface area contributed by atoms with E-state index in [9.17, 15) is 9.59 Å². The second-order valence-corrected chi connectivity index (χ2v) is 4.88. The molecule has 2 N–H and O–H groups in total. The van der Waals surface area contributed by atoms with Gasteiger partial charge in [0, 0.05) is 32.4 Å². The Morgan fingerprint density at radius 2 is 2.30 bits per heavy atom. The van der Waals surface area contributed by atoms with Gasteiger partial charge in [0.15, 0.2) is 0 Å². The zero-order valence-electron chi connectivity index (χ0n) is 11.2. The summed E-state index contributed by atoms with van der Waals surface area (Å²) in [6, 6.07) is -0.186. The second kappa shape index (κ2) is 6.88. The number of nitrogens with zero attached hydrogens (tertiary/aromatic N) is 4. The van der Waals surface area contributed by atoms with Crippen molar-refractivity contribution in [3.63, 3.8) is 0 Å². The number of aryl methyl sites for hydroxylation is 1. The highest BCUT2D eigenvalue weighted by Crippen LogP contribution is 2.16. The predicted molar refractivity (Wildman–Crippen MR) is 70.0 cm³/mol. The molecule has 2 heterocycles. The molecule has 110 valence electrons. The number of hydrogen-bond donors (Lipinski definition) is 2. The maximum Gasteiger partial charge on any atom is 0.317 e. The van der Waals surface area contributed by atoms with E-state index < -0.39 is 11.9 Å². The fraction of sp³-hybridized carbons (Fsp3) is 0.667. The molecule has 1 aliphatic rings. The summed E-state index contributed by atoms with van der Waals surface area (Å²) in [6.45, 7) is 2.15. The van der Waals surface area contributed by atoms with Crippen LogP contribution in [-0.2, 0) is 11.3 Å². The SMILES string of the molecule is O=C(O)[C@H]1CCCN(C(=O)NCCCn2ccnn2)C1. The molecule has 2 amide bonds. The number of carbonyl (C=O) groups is 2. The van der Waals surface area contributed by atoms with Crippen LogP contribution in [0, 0.1) is 5.92 Å². The molecule has 0 bridgehead atoms. The maximum atomic E-state index is 11.9. The van der Waals surface area contributed by atoms with Crippen molar-refractivity contribution in [3.8, 4) is 0 Å². The topological polar surface area (TPSA) is 100 Å². The number of piperidine rings is 1. The number of carboxylic acid groups (broad SMARTS) is 1. The number of likely N-dealkylation sites (tertiary alicyclic amines) is 1. The second-order valence-electron chi connectivity index (χ2n) is 4.88. The Kier molecular flexibility index (Phi) is 4.91. The van der Waals surface area contributed by atoms with Crippen molar-refractivity contribution in [2.24, 2.45) is 5.92 Å². The summed E-state index contributed by atoms with van der Waals surface area (Å²) in [7, 11) is 0. The lowest BCUT2D eigenvalue weighted by Crippen LogP contribution is -2.47. The number of aromatic nitrogens is 3. The highest BCUT2D eigenvalue weighted by molar-refractivity contribution is 5.76. The van der Waals surface area contributed by atoms with Crippen LogP contribution in [0.4, 0.5) is 4.79 Å². The first kappa shape index (κ1) is 14.3. The van der Waals surface area contributed by atoms with Gasteiger partial charge in [0.1, 0.15) is 0 Å². The molecule has 1 aromatic heterocycles. The quantitative estimate of drug-likeness (QED) is 0.750. The summed E-state index contributed by atoms with van der Waals surface area (Å²) in [5.74, 6) is -1.27. The van der Waals surface area contributed by atoms with Crippen molar-refractivity contribution >= 4 is 12.0 Å². The molecule has 0 radical (unpaired) electrons. The minimum Gasteiger partial charge on any atom is -0.481 e. The van der Waals surface area contributed by atoms with E-state index in [0.717, 1.165) is 12.8 Å². The average Bonchev–Trinajstić information content (AvgIpc) is 2.96. The minimum atomic E-state index is -0.825. The van der Waals surface area contributed by atoms with Crippen LogP contribution in [0.1, 0.15) is 19.3 Å². The van der Waals surface area contributed by atoms with Crippen LogP contribution in [-0.4, -0.2) is 56.6 Å². The predicted octanol–water partition coefficient (Wildman–Crippen LogP) is 0.174. The van der Waals surface area contributed by atoms with Gasteiger partial charge in [0.05, 0.1) is 12.1 Å². The molecule has 1 aliphatic heterocycles. The van der Waals surface area contributed by atoms with Crippen LogP contribution in [0.3, 0.4) is 0 Å². The Balaban J connectivity index is 1.67. The lowest BCUT2D eigenvalue weighted by atomic mass is 9.99. The van der Waals surface area contributed by atoms with Gasteiger partial charge in [-0.2, -0.15) is 0 Å². The van der Waals surface area contributed by atoms with Crippen LogP contribution in [0.25, 0.3) is 0 Å². The fourth-order valence-corrected chi connectivity index (χ4v) is 2.26. The number of hydrogen-bond acceptors (Lipinski definition) is 4. The van der Waals surface area contributed by atoms with Gasteiger partial charge in [-0.05, 0) is 19.3 Å². The highest BCUT2D eigenvalue weighted by atomic mass is 16.4. The molecule has 1 fully saturated rings. The Labute approximate surface area is 116 Å². The maximum absolute atomic E-state index is 11.9. The first-order valence-corrected chi connectivity index (χ1v) is 6.76. The van der Waals surface area contributed by atoms with Crippen molar-refractivity contribution in [1.29, 1.82) is 0 Å². The van der Waals surface area contributed by atoms with E-state index in [1.165, 1.54) is 0 Å². The lowest BCUT2D eigenvalue weighted by molar-refractivity contribution is -0.143. The van der Waals surface area contributed by atoms with Gasteiger partial charge in [-0.3, -0.25) is 9.48 Å². The van der Waals surface area contributed by atoms with E-state index in [1.807, 2.05) is 0 Å². The van der Waals surface area contributed by atoms with Gasteiger partial charge in [0.2, 0.25) is 0 Å². The molecule has 8 nitrogen and oxygen atoms in total. The summed E-state index contributed by atoms with van der Waals surface area (Å²) < 4.78 is 1.70. The molecular formula is C12H19N5O3. The van der Waals surface area contributed by atoms with Gasteiger partial charge >= 0.3 is 12.0 Å². The van der Waals surface area contributed by atoms with Gasteiger partial charge in [0.25, 0.3) is 0 Å². The Bertz CT molecular complexity index is 448. The third-order valence-corrected chi connectivity index (χ3v) is 3.37. The van der Waals surface area contributed by atoms with Gasteiger partial charge in [-0.15, -0.1) is 5.10 Å². The molecule has 0 spiro atoms. The normalized spacial score (nSPS) is 18.8. The van der Waals surface area contributed by atoms with E-state index >= 15 is 0 Å². The Hall–Kier alpha value is -2.12. The molecule has 20 heavy (non-hydrogen) atoms. The van der Waals surface area contributed by atoms with Crippen molar-refractivity contribution in [3.05, 3.63) is 12.4 Å². The molecule has 0 saturated carbocycles. The number of nitrogens with one attached hydrogen (secondary N) is 1. The van der Waals surface area contributed by atoms with Crippen molar-refractivity contribution in [2.45, 2.75) is 25.8 Å². The van der Waals surface area contributed by atoms with Crippen LogP contribution < -0.4 is 5.32 Å². The molecule has 0 unspecified atom stereocenters. The van der Waals surface area contributed by atoms with Gasteiger partial charge in [-0.1, -0.05) is 5.21 Å². The molecule has 1 aromatic rings. The molecule has 8 heteroatoms. The summed E-state index contributed by atoms with van der Waals surface area (Å²) >= 11 is 0. The average molecular weight is 281 g/mol. The summed E-state index contributed by atoms with van der Waals surface area (Å²) in [5.41, 5.74) is 0. The highest BCUT2D eigenvalue weighted by Gasteiger charge is 2.27. The first-order chi connectivity index (χ1) is 9.66. The van der Waals surface area contributed by atoms with Crippen LogP contribution >= 0.6 is 0 Å². The Morgan fingerprint density at radius 1 is 1.45 bits per heavy atom. The van der Waals surface area contributed by atoms with Crippen molar-refractivity contribution in [2.75, 3.05) is 19.6 Å². The van der Waals surface area contributed by atoms with Gasteiger partial charge < -0.3 is 15.3 Å². The van der Waals surface area contributed by atoms with Crippen molar-refractivity contribution < 1.29 is 14.7 Å². The summed E-state index contributed by atoms with van der Waals surface area (Å²) in [5, 5.41) is 19.3. The van der Waals surface area contributed by atoms with E-state index in [1.54, 1.807) is 22.0 Å². The zero-order chi connectivity index (χ0) is 14.4. The van der Waals surface area contributed by atoms with Gasteiger partial charge in [-0.25, -0.2) is 4.79 Å². The third kappa shape index (κ3) is 3.94. The number of rotatable bonds is 5.